The summed E-state index contributed by atoms with van der Waals surface area (Å²) in [7, 11) is 0. The zero-order chi connectivity index (χ0) is 17.9. The SMILES string of the molecule is O=[N+]([O-])[O-].O=[N+]([O-])[O-].O=[N+]([O-])[O-].O=[N+]([O-])[O-].O=[N+]([O-])[O-].[Er+3].[Fe+2]. The van der Waals surface area contributed by atoms with Crippen LogP contribution in [0, 0.1) is 114 Å². The van der Waals surface area contributed by atoms with Gasteiger partial charge in [0.15, 0.2) is 0 Å². The molecule has 22 heavy (non-hydrogen) atoms. The Bertz CT molecular complexity index is 213. The van der Waals surface area contributed by atoms with Crippen LogP contribution in [0.5, 0.6) is 0 Å². The average Bonchev–Trinajstić information content (AvgIpc) is 1.94. The van der Waals surface area contributed by atoms with Crippen LogP contribution in [-0.4, -0.2) is 25.4 Å². The first-order valence-electron chi connectivity index (χ1n) is 2.74. The molecular weight excluding hydrogens is 533 g/mol. The molecule has 20 nitrogen and oxygen atoms in total. The molecule has 135 valence electrons. The van der Waals surface area contributed by atoms with E-state index in [2.05, 4.69) is 0 Å². The van der Waals surface area contributed by atoms with Crippen molar-refractivity contribution in [3.63, 3.8) is 0 Å². The van der Waals surface area contributed by atoms with Gasteiger partial charge in [-0.15, -0.1) is 0 Å². The van der Waals surface area contributed by atoms with Gasteiger partial charge in [0.1, 0.15) is 0 Å². The van der Waals surface area contributed by atoms with E-state index < -0.39 is 25.4 Å². The van der Waals surface area contributed by atoms with Gasteiger partial charge >= 0.3 is 54.4 Å². The number of hydrogen-bond donors (Lipinski definition) is 0. The van der Waals surface area contributed by atoms with Crippen molar-refractivity contribution in [3.8, 4) is 0 Å². The summed E-state index contributed by atoms with van der Waals surface area (Å²) in [6, 6.07) is 0. The van der Waals surface area contributed by atoms with Crippen LogP contribution in [0.15, 0.2) is 0 Å². The predicted octanol–water partition coefficient (Wildman–Crippen LogP) is -1.20. The normalized spacial score (nSPS) is 5.45. The fourth-order valence-electron chi connectivity index (χ4n) is 0. The Labute approximate surface area is 156 Å². The van der Waals surface area contributed by atoms with E-state index in [1.807, 2.05) is 0 Å². The fraction of sp³-hybridized carbons (Fsp3) is 0. The topological polar surface area (TPSA) is 331 Å². The maximum Gasteiger partial charge on any atom is 3.00 e. The van der Waals surface area contributed by atoms with E-state index in [9.17, 15) is 0 Å². The van der Waals surface area contributed by atoms with E-state index in [0.29, 0.717) is 0 Å². The Morgan fingerprint density at radius 1 is 0.364 bits per heavy atom. The predicted molar refractivity (Wildman–Crippen MR) is 51.8 cm³/mol. The monoisotopic (exact) mass is 532 g/mol. The largest absolute Gasteiger partial charge is 3.00 e. The van der Waals surface area contributed by atoms with E-state index >= 15 is 0 Å². The van der Waals surface area contributed by atoms with Crippen molar-refractivity contribution in [1.29, 1.82) is 0 Å². The smallest absolute Gasteiger partial charge is 0.356 e. The second-order valence-electron chi connectivity index (χ2n) is 1.12. The molecule has 0 aliphatic carbocycles. The minimum atomic E-state index is -1.75. The Morgan fingerprint density at radius 3 is 0.364 bits per heavy atom. The summed E-state index contributed by atoms with van der Waals surface area (Å²) >= 11 is 0. The van der Waals surface area contributed by atoms with Crippen molar-refractivity contribution in [2.24, 2.45) is 0 Å². The molecule has 0 aliphatic rings. The zero-order valence-electron chi connectivity index (χ0n) is 9.00. The maximum atomic E-state index is 8.25. The van der Waals surface area contributed by atoms with E-state index in [-0.39, 0.29) is 54.4 Å². The van der Waals surface area contributed by atoms with Gasteiger partial charge in [-0.05, 0) is 0 Å². The van der Waals surface area contributed by atoms with Crippen LogP contribution in [0.4, 0.5) is 0 Å². The molecule has 0 rings (SSSR count). The summed E-state index contributed by atoms with van der Waals surface area (Å²) in [4.78, 5) is 41.2. The van der Waals surface area contributed by atoms with Gasteiger partial charge in [-0.3, -0.25) is 0 Å². The number of nitrogens with zero attached hydrogens (tertiary/aromatic N) is 5. The summed E-state index contributed by atoms with van der Waals surface area (Å²) in [5.41, 5.74) is 0. The van der Waals surface area contributed by atoms with Gasteiger partial charge in [0, 0.05) is 0 Å². The van der Waals surface area contributed by atoms with Gasteiger partial charge in [0.25, 0.3) is 0 Å². The van der Waals surface area contributed by atoms with Crippen molar-refractivity contribution in [3.05, 3.63) is 76.6 Å². The summed E-state index contributed by atoms with van der Waals surface area (Å²) in [6.07, 6.45) is 0. The first-order chi connectivity index (χ1) is 8.66. The Morgan fingerprint density at radius 2 is 0.364 bits per heavy atom. The zero-order valence-corrected chi connectivity index (χ0v) is 12.0. The van der Waals surface area contributed by atoms with Crippen LogP contribution in [0.25, 0.3) is 0 Å². The molecule has 0 N–H and O–H groups in total. The Kier molecular flexibility index (Phi) is 70.6. The minimum Gasteiger partial charge on any atom is -0.356 e. The van der Waals surface area contributed by atoms with E-state index in [1.165, 1.54) is 0 Å². The third-order valence-electron chi connectivity index (χ3n) is 0. The van der Waals surface area contributed by atoms with Gasteiger partial charge in [0.05, 0.1) is 25.4 Å². The van der Waals surface area contributed by atoms with Crippen LogP contribution in [-0.2, 0) is 17.1 Å². The molecule has 0 fully saturated rings. The van der Waals surface area contributed by atoms with Crippen molar-refractivity contribution >= 4 is 0 Å². The third-order valence-corrected chi connectivity index (χ3v) is 0. The molecule has 22 heteroatoms. The quantitative estimate of drug-likeness (QED) is 0.200. The molecule has 1 radical (unpaired) electrons. The van der Waals surface area contributed by atoms with Gasteiger partial charge in [-0.2, -0.15) is 0 Å². The molecule has 0 aromatic rings. The maximum absolute atomic E-state index is 8.25. The molecule has 0 aliphatic heterocycles. The Balaban J connectivity index is -0.0000000250. The molecule has 0 atom stereocenters. The fourth-order valence-corrected chi connectivity index (χ4v) is 0. The molecule has 0 heterocycles. The van der Waals surface area contributed by atoms with Gasteiger partial charge in [-0.1, -0.05) is 0 Å². The van der Waals surface area contributed by atoms with Crippen molar-refractivity contribution in [1.82, 2.24) is 0 Å². The van der Waals surface area contributed by atoms with Gasteiger partial charge < -0.3 is 76.6 Å². The van der Waals surface area contributed by atoms with E-state index in [1.54, 1.807) is 0 Å². The first-order valence-corrected chi connectivity index (χ1v) is 2.74. The van der Waals surface area contributed by atoms with Crippen LogP contribution in [0.3, 0.4) is 0 Å². The number of rotatable bonds is 0. The van der Waals surface area contributed by atoms with E-state index in [4.69, 9.17) is 76.6 Å². The van der Waals surface area contributed by atoms with Gasteiger partial charge in [0.2, 0.25) is 0 Å². The first kappa shape index (κ1) is 42.7. The molecule has 0 unspecified atom stereocenters. The second kappa shape index (κ2) is 36.3. The van der Waals surface area contributed by atoms with Crippen LogP contribution >= 0.6 is 0 Å². The standard InChI is InChI=1S/Er.Fe.5NO3/c;;5*2-1(3)4/q+3;+2;5*-1. The molecule has 0 bridgehead atoms. The third kappa shape index (κ3) is 1000. The van der Waals surface area contributed by atoms with Crippen LogP contribution < -0.4 is 0 Å². The van der Waals surface area contributed by atoms with Crippen molar-refractivity contribution in [2.75, 3.05) is 0 Å². The van der Waals surface area contributed by atoms with Crippen molar-refractivity contribution in [2.45, 2.75) is 0 Å². The average molecular weight is 533 g/mol. The summed E-state index contributed by atoms with van der Waals surface area (Å²) < 4.78 is 0. The summed E-state index contributed by atoms with van der Waals surface area (Å²) in [5.74, 6) is 0. The molecule has 0 spiro atoms. The molecular formula is ErFeN5O15. The van der Waals surface area contributed by atoms with E-state index in [0.717, 1.165) is 0 Å². The summed E-state index contributed by atoms with van der Waals surface area (Å²) in [5, 5.41) is 73.8. The second-order valence-corrected chi connectivity index (χ2v) is 1.12. The van der Waals surface area contributed by atoms with Gasteiger partial charge in [-0.25, -0.2) is 0 Å². The molecule has 0 saturated carbocycles. The molecule has 0 saturated heterocycles. The Hall–Kier alpha value is -2.23. The van der Waals surface area contributed by atoms with Crippen LogP contribution in [0.2, 0.25) is 0 Å². The molecule has 0 aromatic heterocycles. The van der Waals surface area contributed by atoms with Crippen molar-refractivity contribution < 1.29 is 79.8 Å². The summed E-state index contributed by atoms with van der Waals surface area (Å²) in [6.45, 7) is 0. The number of hydrogen-bond acceptors (Lipinski definition) is 15. The molecule has 0 aromatic carbocycles. The van der Waals surface area contributed by atoms with Crippen LogP contribution in [0.1, 0.15) is 0 Å². The minimum absolute atomic E-state index is 0. The molecule has 0 amide bonds.